The second kappa shape index (κ2) is 25.7. The fourth-order valence-electron chi connectivity index (χ4n) is 6.96. The van der Waals surface area contributed by atoms with Crippen LogP contribution in [0, 0.1) is 23.7 Å². The number of rotatable bonds is 25. The van der Waals surface area contributed by atoms with Gasteiger partial charge in [0.2, 0.25) is 0 Å². The van der Waals surface area contributed by atoms with Crippen molar-refractivity contribution in [3.8, 4) is 34.5 Å². The van der Waals surface area contributed by atoms with E-state index in [1.165, 1.54) is 93.1 Å². The molecular weight excluding hydrogens is 853 g/mol. The highest BCUT2D eigenvalue weighted by molar-refractivity contribution is 5.95. The number of carbonyl (C=O) groups is 5. The zero-order valence-corrected chi connectivity index (χ0v) is 39.3. The number of carboxylic acids is 1. The molecular formula is C55H62O12. The van der Waals surface area contributed by atoms with E-state index in [4.69, 9.17) is 28.4 Å². The van der Waals surface area contributed by atoms with Gasteiger partial charge in [0.25, 0.3) is 0 Å². The summed E-state index contributed by atoms with van der Waals surface area (Å²) in [7, 11) is 0. The Balaban J connectivity index is 1.09. The van der Waals surface area contributed by atoms with Gasteiger partial charge >= 0.3 is 29.8 Å². The van der Waals surface area contributed by atoms with E-state index < -0.39 is 29.8 Å². The minimum absolute atomic E-state index is 0.0740. The topological polar surface area (TPSA) is 161 Å². The molecule has 5 aromatic rings. The highest BCUT2D eigenvalue weighted by Gasteiger charge is 2.18. The first-order valence-electron chi connectivity index (χ1n) is 23.0. The number of carboxylic acid groups (broad SMARTS) is 1. The predicted molar refractivity (Wildman–Crippen MR) is 255 cm³/mol. The van der Waals surface area contributed by atoms with Crippen molar-refractivity contribution in [2.45, 2.75) is 92.9 Å². The molecule has 1 N–H and O–H groups in total. The van der Waals surface area contributed by atoms with Gasteiger partial charge in [0.1, 0.15) is 34.5 Å². The number of esters is 4. The first kappa shape index (κ1) is 51.0. The van der Waals surface area contributed by atoms with E-state index in [1.807, 2.05) is 0 Å². The maximum Gasteiger partial charge on any atom is 0.343 e. The summed E-state index contributed by atoms with van der Waals surface area (Å²) in [4.78, 5) is 63.8. The van der Waals surface area contributed by atoms with Crippen LogP contribution in [0.5, 0.6) is 34.5 Å². The molecule has 0 fully saturated rings. The van der Waals surface area contributed by atoms with Gasteiger partial charge in [0.15, 0.2) is 0 Å². The Kier molecular flexibility index (Phi) is 19.6. The van der Waals surface area contributed by atoms with Crippen molar-refractivity contribution in [3.63, 3.8) is 0 Å². The SMILES string of the molecule is CC(C)CCC[C@H](C)CCOc1ccc(C(=O)Oc2ccc(C(=O)Oc3cc(OC(=O)c4ccc(OC(=O)c5ccc(OCC[C@@H](C)CCCC(C)C)cc5)cc4)cc(C(=O)O)c3)cc2)cc1. The molecule has 5 aromatic carbocycles. The van der Waals surface area contributed by atoms with Crippen LogP contribution in [0.1, 0.15) is 145 Å². The Morgan fingerprint density at radius 1 is 0.373 bits per heavy atom. The van der Waals surface area contributed by atoms with Crippen molar-refractivity contribution in [3.05, 3.63) is 143 Å². The van der Waals surface area contributed by atoms with Crippen molar-refractivity contribution in [2.24, 2.45) is 23.7 Å². The third kappa shape index (κ3) is 17.4. The molecule has 0 saturated carbocycles. The van der Waals surface area contributed by atoms with Crippen molar-refractivity contribution in [1.29, 1.82) is 0 Å². The molecule has 0 aromatic heterocycles. The lowest BCUT2D eigenvalue weighted by Gasteiger charge is -2.13. The summed E-state index contributed by atoms with van der Waals surface area (Å²) in [5, 5.41) is 9.73. The van der Waals surface area contributed by atoms with Gasteiger partial charge in [0, 0.05) is 6.07 Å². The maximum absolute atomic E-state index is 13.1. The van der Waals surface area contributed by atoms with Gasteiger partial charge in [0.05, 0.1) is 41.0 Å². The average molecular weight is 915 g/mol. The Bertz CT molecular complexity index is 2230. The lowest BCUT2D eigenvalue weighted by molar-refractivity contribution is 0.0679. The minimum Gasteiger partial charge on any atom is -0.494 e. The molecule has 12 heteroatoms. The lowest BCUT2D eigenvalue weighted by Crippen LogP contribution is -2.12. The second-order valence-corrected chi connectivity index (χ2v) is 17.8. The van der Waals surface area contributed by atoms with E-state index in [0.717, 1.165) is 25.0 Å². The quantitative estimate of drug-likeness (QED) is 0.0436. The third-order valence-corrected chi connectivity index (χ3v) is 11.0. The molecule has 0 unspecified atom stereocenters. The number of carbonyl (C=O) groups excluding carboxylic acids is 4. The molecule has 2 atom stereocenters. The molecule has 354 valence electrons. The highest BCUT2D eigenvalue weighted by atomic mass is 16.6. The summed E-state index contributed by atoms with van der Waals surface area (Å²) < 4.78 is 33.7. The van der Waals surface area contributed by atoms with E-state index in [0.29, 0.717) is 59.5 Å². The monoisotopic (exact) mass is 914 g/mol. The third-order valence-electron chi connectivity index (χ3n) is 11.0. The molecule has 5 rings (SSSR count). The molecule has 0 aliphatic carbocycles. The van der Waals surface area contributed by atoms with E-state index in [9.17, 15) is 29.1 Å². The van der Waals surface area contributed by atoms with Crippen LogP contribution in [0.2, 0.25) is 0 Å². The zero-order valence-electron chi connectivity index (χ0n) is 39.3. The van der Waals surface area contributed by atoms with Crippen molar-refractivity contribution in [2.75, 3.05) is 13.2 Å². The van der Waals surface area contributed by atoms with E-state index in [-0.39, 0.29) is 39.7 Å². The fraction of sp³-hybridized carbons (Fsp3) is 0.364. The van der Waals surface area contributed by atoms with Crippen LogP contribution in [-0.4, -0.2) is 48.2 Å². The summed E-state index contributed by atoms with van der Waals surface area (Å²) in [6.45, 7) is 14.6. The lowest BCUT2D eigenvalue weighted by atomic mass is 9.98. The molecule has 67 heavy (non-hydrogen) atoms. The van der Waals surface area contributed by atoms with Crippen molar-refractivity contribution >= 4 is 29.8 Å². The van der Waals surface area contributed by atoms with Gasteiger partial charge in [-0.3, -0.25) is 0 Å². The first-order chi connectivity index (χ1) is 32.1. The normalized spacial score (nSPS) is 11.9. The number of hydrogen-bond donors (Lipinski definition) is 1. The molecule has 0 amide bonds. The van der Waals surface area contributed by atoms with Crippen LogP contribution in [-0.2, 0) is 0 Å². The van der Waals surface area contributed by atoms with E-state index in [1.54, 1.807) is 48.5 Å². The summed E-state index contributed by atoms with van der Waals surface area (Å²) in [5.41, 5.74) is 0.477. The number of aromatic carboxylic acids is 1. The predicted octanol–water partition coefficient (Wildman–Crippen LogP) is 12.7. The van der Waals surface area contributed by atoms with Gasteiger partial charge < -0.3 is 33.5 Å². The molecule has 0 radical (unpaired) electrons. The largest absolute Gasteiger partial charge is 0.494 e. The Morgan fingerprint density at radius 2 is 0.672 bits per heavy atom. The Hall–Kier alpha value is -6.95. The first-order valence-corrected chi connectivity index (χ1v) is 23.0. The standard InChI is InChI=1S/C55H62O12/c1-36(2)9-7-11-38(5)29-31-62-45-21-13-40(14-22-45)52(58)64-47-25-17-42(18-26-47)54(60)66-49-33-44(51(56)57)34-50(35-49)67-55(61)43-19-27-48(28-20-43)65-53(59)41-15-23-46(24-16-41)63-32-30-39(6)12-8-10-37(3)4/h13-28,33-39H,7-12,29-32H2,1-6H3,(H,56,57)/t38-,39-/m0/s1. The highest BCUT2D eigenvalue weighted by Crippen LogP contribution is 2.27. The summed E-state index contributed by atoms with van der Waals surface area (Å²) in [6, 6.07) is 28.0. The number of ether oxygens (including phenoxy) is 6. The Labute approximate surface area is 393 Å². The molecule has 0 spiro atoms. The van der Waals surface area contributed by atoms with Crippen LogP contribution < -0.4 is 28.4 Å². The van der Waals surface area contributed by atoms with Crippen LogP contribution in [0.25, 0.3) is 0 Å². The summed E-state index contributed by atoms with van der Waals surface area (Å²) in [6.07, 6.45) is 9.11. The van der Waals surface area contributed by atoms with Crippen molar-refractivity contribution in [1.82, 2.24) is 0 Å². The van der Waals surface area contributed by atoms with Crippen LogP contribution >= 0.6 is 0 Å². The molecule has 0 bridgehead atoms. The molecule has 0 aliphatic rings. The van der Waals surface area contributed by atoms with Crippen molar-refractivity contribution < 1.29 is 57.5 Å². The van der Waals surface area contributed by atoms with Crippen LogP contribution in [0.3, 0.4) is 0 Å². The number of benzene rings is 5. The summed E-state index contributed by atoms with van der Waals surface area (Å²) in [5.74, 6) is -0.406. The molecule has 0 saturated heterocycles. The van der Waals surface area contributed by atoms with Gasteiger partial charge in [-0.05, 0) is 146 Å². The zero-order chi connectivity index (χ0) is 48.3. The average Bonchev–Trinajstić information content (AvgIpc) is 3.29. The maximum atomic E-state index is 13.1. The summed E-state index contributed by atoms with van der Waals surface area (Å²) >= 11 is 0. The van der Waals surface area contributed by atoms with E-state index >= 15 is 0 Å². The van der Waals surface area contributed by atoms with Gasteiger partial charge in [-0.15, -0.1) is 0 Å². The second-order valence-electron chi connectivity index (χ2n) is 17.8. The smallest absolute Gasteiger partial charge is 0.343 e. The van der Waals surface area contributed by atoms with Gasteiger partial charge in [-0.25, -0.2) is 24.0 Å². The van der Waals surface area contributed by atoms with E-state index in [2.05, 4.69) is 41.5 Å². The molecule has 0 aliphatic heterocycles. The van der Waals surface area contributed by atoms with Crippen LogP contribution in [0.4, 0.5) is 0 Å². The van der Waals surface area contributed by atoms with Gasteiger partial charge in [-0.2, -0.15) is 0 Å². The minimum atomic E-state index is -1.35. The van der Waals surface area contributed by atoms with Crippen LogP contribution in [0.15, 0.2) is 115 Å². The van der Waals surface area contributed by atoms with Gasteiger partial charge in [-0.1, -0.05) is 80.1 Å². The number of hydrogen-bond acceptors (Lipinski definition) is 11. The molecule has 12 nitrogen and oxygen atoms in total. The Morgan fingerprint density at radius 3 is 0.970 bits per heavy atom. The molecule has 0 heterocycles. The fourth-order valence-corrected chi connectivity index (χ4v) is 6.96.